The second-order valence-electron chi connectivity index (χ2n) is 9.26. The number of amides is 1. The zero-order chi connectivity index (χ0) is 23.6. The van der Waals surface area contributed by atoms with Gasteiger partial charge in [-0.1, -0.05) is 54.6 Å². The van der Waals surface area contributed by atoms with Gasteiger partial charge >= 0.3 is 6.09 Å². The smallest absolute Gasteiger partial charge is 0.411 e. The number of rotatable bonds is 6. The number of benzene rings is 2. The molecule has 172 valence electrons. The average molecular weight is 448 g/mol. The lowest BCUT2D eigenvalue weighted by molar-refractivity contribution is -0.101. The maximum Gasteiger partial charge on any atom is 0.411 e. The second kappa shape index (κ2) is 8.83. The molecule has 2 heterocycles. The van der Waals surface area contributed by atoms with Crippen LogP contribution in [0.15, 0.2) is 71.8 Å². The fourth-order valence-electron chi connectivity index (χ4n) is 4.50. The number of aliphatic hydroxyl groups is 1. The quantitative estimate of drug-likeness (QED) is 0.584. The molecule has 0 radical (unpaired) electrons. The molecular weight excluding hydrogens is 418 g/mol. The summed E-state index contributed by atoms with van der Waals surface area (Å²) in [5.74, 6) is 0. The third-order valence-corrected chi connectivity index (χ3v) is 6.12. The minimum Gasteiger partial charge on any atom is -0.438 e. The molecule has 2 N–H and O–H groups in total. The summed E-state index contributed by atoms with van der Waals surface area (Å²) in [5, 5.41) is 10.5. The van der Waals surface area contributed by atoms with Crippen LogP contribution in [0.25, 0.3) is 11.3 Å². The molecule has 2 atom stereocenters. The van der Waals surface area contributed by atoms with Crippen molar-refractivity contribution in [2.24, 2.45) is 0 Å². The number of nitrogens with zero attached hydrogens (tertiary/aromatic N) is 2. The van der Waals surface area contributed by atoms with Crippen LogP contribution >= 0.6 is 0 Å². The molecule has 1 saturated heterocycles. The first-order valence-corrected chi connectivity index (χ1v) is 11.1. The second-order valence-corrected chi connectivity index (χ2v) is 9.26. The van der Waals surface area contributed by atoms with Crippen molar-refractivity contribution in [2.75, 3.05) is 6.54 Å². The van der Waals surface area contributed by atoms with Crippen LogP contribution < -0.4 is 5.56 Å². The average Bonchev–Trinajstić information content (AvgIpc) is 2.79. The van der Waals surface area contributed by atoms with E-state index in [0.29, 0.717) is 25.1 Å². The zero-order valence-electron chi connectivity index (χ0n) is 19.1. The number of cyclic esters (lactones) is 1. The minimum atomic E-state index is -0.991. The number of nitrogens with one attached hydrogen (secondary N) is 1. The summed E-state index contributed by atoms with van der Waals surface area (Å²) in [6.07, 6.45) is 3.33. The fourth-order valence-corrected chi connectivity index (χ4v) is 4.50. The van der Waals surface area contributed by atoms with Crippen LogP contribution in [-0.2, 0) is 10.3 Å². The van der Waals surface area contributed by atoms with Crippen molar-refractivity contribution in [1.82, 2.24) is 14.9 Å². The van der Waals surface area contributed by atoms with Gasteiger partial charge in [-0.3, -0.25) is 4.79 Å². The van der Waals surface area contributed by atoms with E-state index in [4.69, 9.17) is 4.74 Å². The maximum atomic E-state index is 13.2. The van der Waals surface area contributed by atoms with Crippen molar-refractivity contribution in [1.29, 1.82) is 0 Å². The summed E-state index contributed by atoms with van der Waals surface area (Å²) < 4.78 is 6.08. The Kier molecular flexibility index (Phi) is 6.08. The van der Waals surface area contributed by atoms with E-state index in [0.717, 1.165) is 16.7 Å². The van der Waals surface area contributed by atoms with E-state index in [1.54, 1.807) is 24.9 Å². The lowest BCUT2D eigenvalue weighted by Gasteiger charge is -2.45. The lowest BCUT2D eigenvalue weighted by atomic mass is 9.80. The highest BCUT2D eigenvalue weighted by Crippen LogP contribution is 2.42. The van der Waals surface area contributed by atoms with E-state index in [1.165, 1.54) is 6.20 Å². The van der Waals surface area contributed by atoms with E-state index >= 15 is 0 Å². The molecule has 1 aliphatic heterocycles. The Bertz CT molecular complexity index is 1150. The number of carbonyl (C=O) groups is 1. The van der Waals surface area contributed by atoms with E-state index in [1.807, 2.05) is 61.5 Å². The van der Waals surface area contributed by atoms with Crippen LogP contribution in [0, 0.1) is 0 Å². The topological polar surface area (TPSA) is 95.5 Å². The first-order valence-electron chi connectivity index (χ1n) is 11.1. The fraction of sp³-hybridized carbons (Fsp3) is 0.346. The first kappa shape index (κ1) is 22.7. The molecule has 2 aromatic carbocycles. The molecule has 1 amide bonds. The molecule has 0 bridgehead atoms. The highest BCUT2D eigenvalue weighted by atomic mass is 16.6. The van der Waals surface area contributed by atoms with Crippen molar-refractivity contribution in [3.63, 3.8) is 0 Å². The van der Waals surface area contributed by atoms with E-state index in [9.17, 15) is 14.7 Å². The summed E-state index contributed by atoms with van der Waals surface area (Å²) >= 11 is 0. The summed E-state index contributed by atoms with van der Waals surface area (Å²) in [6, 6.07) is 17.2. The highest BCUT2D eigenvalue weighted by molar-refractivity contribution is 5.70. The van der Waals surface area contributed by atoms with Crippen LogP contribution in [-0.4, -0.2) is 38.2 Å². The van der Waals surface area contributed by atoms with Gasteiger partial charge in [0.15, 0.2) is 0 Å². The van der Waals surface area contributed by atoms with Crippen LogP contribution in [0.3, 0.4) is 0 Å². The minimum absolute atomic E-state index is 0.189. The summed E-state index contributed by atoms with van der Waals surface area (Å²) in [7, 11) is 0. The Balaban J connectivity index is 1.53. The summed E-state index contributed by atoms with van der Waals surface area (Å²) in [5.41, 5.74) is 1.30. The standard InChI is InChI=1S/C26H29N3O4/c1-18(19-9-11-20(12-10-19)22-15-28-23(30)16-27-22)29-14-13-26(33-24(29)31,17-25(2,3)32)21-7-5-4-6-8-21/h4-12,15-16,18,32H,13-14,17H2,1-3H3,(H,28,30)/t18-,26?/m0/s1. The Morgan fingerprint density at radius 3 is 2.42 bits per heavy atom. The van der Waals surface area contributed by atoms with Gasteiger partial charge in [0.1, 0.15) is 5.60 Å². The van der Waals surface area contributed by atoms with Gasteiger partial charge in [0, 0.05) is 31.1 Å². The van der Waals surface area contributed by atoms with Gasteiger partial charge in [0.25, 0.3) is 5.56 Å². The monoisotopic (exact) mass is 447 g/mol. The molecule has 0 spiro atoms. The van der Waals surface area contributed by atoms with Gasteiger partial charge in [-0.25, -0.2) is 9.78 Å². The van der Waals surface area contributed by atoms with Gasteiger partial charge < -0.3 is 19.7 Å². The number of aromatic nitrogens is 2. The molecule has 1 aromatic heterocycles. The molecule has 7 nitrogen and oxygen atoms in total. The van der Waals surface area contributed by atoms with E-state index < -0.39 is 17.3 Å². The van der Waals surface area contributed by atoms with Gasteiger partial charge in [-0.15, -0.1) is 0 Å². The van der Waals surface area contributed by atoms with Crippen LogP contribution in [0.5, 0.6) is 0 Å². The molecule has 0 aliphatic carbocycles. The predicted octanol–water partition coefficient (Wildman–Crippen LogP) is 4.40. The van der Waals surface area contributed by atoms with Crippen LogP contribution in [0.1, 0.15) is 50.8 Å². The Morgan fingerprint density at radius 1 is 1.15 bits per heavy atom. The zero-order valence-corrected chi connectivity index (χ0v) is 19.1. The first-order chi connectivity index (χ1) is 15.7. The molecule has 3 aromatic rings. The van der Waals surface area contributed by atoms with Gasteiger partial charge in [-0.2, -0.15) is 0 Å². The number of aromatic amines is 1. The Hall–Kier alpha value is -3.45. The SMILES string of the molecule is C[C@@H](c1ccc(-c2c[nH]c(=O)cn2)cc1)N1CCC(CC(C)(C)O)(c2ccccc2)OC1=O. The third-order valence-electron chi connectivity index (χ3n) is 6.12. The number of hydrogen-bond acceptors (Lipinski definition) is 5. The van der Waals surface area contributed by atoms with Crippen molar-refractivity contribution in [3.8, 4) is 11.3 Å². The molecule has 1 aliphatic rings. The molecule has 4 rings (SSSR count). The Labute approximate surface area is 193 Å². The van der Waals surface area contributed by atoms with Crippen molar-refractivity contribution in [2.45, 2.75) is 50.9 Å². The van der Waals surface area contributed by atoms with Gasteiger partial charge in [0.05, 0.1) is 23.5 Å². The molecule has 1 fully saturated rings. The molecule has 0 saturated carbocycles. The third kappa shape index (κ3) is 4.98. The van der Waals surface area contributed by atoms with Gasteiger partial charge in [0.2, 0.25) is 0 Å². The molecular formula is C26H29N3O4. The number of H-pyrrole nitrogens is 1. The summed E-state index contributed by atoms with van der Waals surface area (Å²) in [6.45, 7) is 5.95. The predicted molar refractivity (Wildman–Crippen MR) is 126 cm³/mol. The van der Waals surface area contributed by atoms with Crippen LogP contribution in [0.4, 0.5) is 4.79 Å². The van der Waals surface area contributed by atoms with Gasteiger partial charge in [-0.05, 0) is 31.9 Å². The lowest BCUT2D eigenvalue weighted by Crippen LogP contribution is -2.51. The summed E-state index contributed by atoms with van der Waals surface area (Å²) in [4.78, 5) is 32.9. The van der Waals surface area contributed by atoms with E-state index in [2.05, 4.69) is 9.97 Å². The van der Waals surface area contributed by atoms with Crippen molar-refractivity contribution >= 4 is 6.09 Å². The highest BCUT2D eigenvalue weighted by Gasteiger charge is 2.46. The molecule has 33 heavy (non-hydrogen) atoms. The number of carbonyl (C=O) groups excluding carboxylic acids is 1. The Morgan fingerprint density at radius 2 is 1.85 bits per heavy atom. The number of hydrogen-bond donors (Lipinski definition) is 2. The van der Waals surface area contributed by atoms with E-state index in [-0.39, 0.29) is 11.6 Å². The molecule has 7 heteroatoms. The number of ether oxygens (including phenoxy) is 1. The van der Waals surface area contributed by atoms with Crippen molar-refractivity contribution in [3.05, 3.63) is 88.5 Å². The largest absolute Gasteiger partial charge is 0.438 e. The van der Waals surface area contributed by atoms with Crippen molar-refractivity contribution < 1.29 is 14.6 Å². The molecule has 1 unspecified atom stereocenters. The maximum absolute atomic E-state index is 13.2. The van der Waals surface area contributed by atoms with Crippen LogP contribution in [0.2, 0.25) is 0 Å². The normalized spacial score (nSPS) is 19.8.